The largest absolute Gasteiger partial charge is 0.454 e. The van der Waals surface area contributed by atoms with Gasteiger partial charge in [0.1, 0.15) is 5.75 Å². The molecule has 2 nitrogen and oxygen atoms in total. The minimum atomic E-state index is -0.307. The van der Waals surface area contributed by atoms with Gasteiger partial charge in [-0.05, 0) is 49.7 Å². The molecule has 0 aliphatic heterocycles. The van der Waals surface area contributed by atoms with Crippen molar-refractivity contribution in [3.8, 4) is 11.5 Å². The molecule has 0 saturated heterocycles. The summed E-state index contributed by atoms with van der Waals surface area (Å²) >= 11 is 0. The maximum atomic E-state index is 13.9. The Morgan fingerprint density at radius 1 is 1.20 bits per heavy atom. The number of rotatable bonds is 5. The molecule has 1 unspecified atom stereocenters. The maximum Gasteiger partial charge on any atom is 0.168 e. The van der Waals surface area contributed by atoms with Crippen LogP contribution in [0.1, 0.15) is 30.5 Å². The highest BCUT2D eigenvalue weighted by molar-refractivity contribution is 5.37. The van der Waals surface area contributed by atoms with Gasteiger partial charge in [0, 0.05) is 6.04 Å². The van der Waals surface area contributed by atoms with Crippen molar-refractivity contribution in [2.45, 2.75) is 26.3 Å². The first-order valence-corrected chi connectivity index (χ1v) is 6.86. The van der Waals surface area contributed by atoms with Crippen LogP contribution >= 0.6 is 0 Å². The van der Waals surface area contributed by atoms with E-state index in [0.29, 0.717) is 11.3 Å². The van der Waals surface area contributed by atoms with Gasteiger partial charge in [-0.15, -0.1) is 0 Å². The fourth-order valence-electron chi connectivity index (χ4n) is 2.23. The lowest BCUT2D eigenvalue weighted by Gasteiger charge is -2.15. The van der Waals surface area contributed by atoms with Crippen LogP contribution in [-0.2, 0) is 0 Å². The van der Waals surface area contributed by atoms with E-state index in [9.17, 15) is 4.39 Å². The minimum absolute atomic E-state index is 0.264. The molecule has 3 heteroatoms. The van der Waals surface area contributed by atoms with Crippen LogP contribution in [0.4, 0.5) is 4.39 Å². The molecule has 106 valence electrons. The van der Waals surface area contributed by atoms with Gasteiger partial charge in [-0.1, -0.05) is 31.2 Å². The van der Waals surface area contributed by atoms with Crippen molar-refractivity contribution in [1.29, 1.82) is 0 Å². The number of hydrogen-bond acceptors (Lipinski definition) is 2. The van der Waals surface area contributed by atoms with E-state index >= 15 is 0 Å². The van der Waals surface area contributed by atoms with Crippen LogP contribution < -0.4 is 10.1 Å². The van der Waals surface area contributed by atoms with Crippen LogP contribution in [0.3, 0.4) is 0 Å². The number of benzene rings is 2. The first-order valence-electron chi connectivity index (χ1n) is 6.86. The number of nitrogens with one attached hydrogen (secondary N) is 1. The summed E-state index contributed by atoms with van der Waals surface area (Å²) in [5, 5.41) is 3.25. The fourth-order valence-corrected chi connectivity index (χ4v) is 2.23. The second-order valence-electron chi connectivity index (χ2n) is 4.81. The van der Waals surface area contributed by atoms with E-state index < -0.39 is 0 Å². The predicted molar refractivity (Wildman–Crippen MR) is 79.7 cm³/mol. The third kappa shape index (κ3) is 3.17. The van der Waals surface area contributed by atoms with Crippen LogP contribution in [0.2, 0.25) is 0 Å². The Labute approximate surface area is 119 Å². The summed E-state index contributed by atoms with van der Waals surface area (Å²) < 4.78 is 19.6. The zero-order chi connectivity index (χ0) is 14.5. The van der Waals surface area contributed by atoms with E-state index in [2.05, 4.69) is 12.2 Å². The third-order valence-electron chi connectivity index (χ3n) is 3.40. The molecule has 0 bridgehead atoms. The highest BCUT2D eigenvalue weighted by atomic mass is 19.1. The van der Waals surface area contributed by atoms with E-state index in [1.54, 1.807) is 25.1 Å². The quantitative estimate of drug-likeness (QED) is 0.859. The van der Waals surface area contributed by atoms with Gasteiger partial charge in [0.25, 0.3) is 0 Å². The molecule has 0 amide bonds. The van der Waals surface area contributed by atoms with Gasteiger partial charge in [0.05, 0.1) is 0 Å². The van der Waals surface area contributed by atoms with Gasteiger partial charge < -0.3 is 10.1 Å². The van der Waals surface area contributed by atoms with Crippen LogP contribution in [-0.4, -0.2) is 7.05 Å². The van der Waals surface area contributed by atoms with Gasteiger partial charge in [-0.3, -0.25) is 0 Å². The van der Waals surface area contributed by atoms with E-state index in [1.165, 1.54) is 0 Å². The second-order valence-corrected chi connectivity index (χ2v) is 4.81. The molecule has 0 fully saturated rings. The molecule has 1 N–H and O–H groups in total. The summed E-state index contributed by atoms with van der Waals surface area (Å²) in [6, 6.07) is 13.2. The molecule has 0 saturated carbocycles. The van der Waals surface area contributed by atoms with Gasteiger partial charge in [-0.2, -0.15) is 0 Å². The topological polar surface area (TPSA) is 21.3 Å². The Morgan fingerprint density at radius 2 is 1.95 bits per heavy atom. The minimum Gasteiger partial charge on any atom is -0.454 e. The maximum absolute atomic E-state index is 13.9. The van der Waals surface area contributed by atoms with Crippen LogP contribution in [0.25, 0.3) is 0 Å². The molecule has 2 rings (SSSR count). The van der Waals surface area contributed by atoms with E-state index in [-0.39, 0.29) is 17.6 Å². The molecule has 0 heterocycles. The summed E-state index contributed by atoms with van der Waals surface area (Å²) in [6.07, 6.45) is 0.985. The van der Waals surface area contributed by atoms with Crippen LogP contribution in [0.5, 0.6) is 11.5 Å². The predicted octanol–water partition coefficient (Wildman–Crippen LogP) is 4.60. The summed E-state index contributed by atoms with van der Waals surface area (Å²) in [7, 11) is 1.93. The number of halogens is 1. The molecule has 20 heavy (non-hydrogen) atoms. The van der Waals surface area contributed by atoms with Crippen LogP contribution in [0, 0.1) is 12.7 Å². The summed E-state index contributed by atoms with van der Waals surface area (Å²) in [6.45, 7) is 3.85. The van der Waals surface area contributed by atoms with Crippen molar-refractivity contribution in [3.63, 3.8) is 0 Å². The number of ether oxygens (including phenoxy) is 1. The van der Waals surface area contributed by atoms with E-state index in [1.807, 2.05) is 31.3 Å². The molecule has 0 aromatic heterocycles. The normalized spacial score (nSPS) is 12.2. The molecule has 0 spiro atoms. The standard InChI is InChI=1S/C17H20FNO/c1-4-15(19-3)13-8-6-9-14(11-13)20-16-10-5-7-12(2)17(16)18/h5-11,15,19H,4H2,1-3H3. The molecule has 1 atom stereocenters. The Hall–Kier alpha value is -1.87. The van der Waals surface area contributed by atoms with Crippen molar-refractivity contribution in [1.82, 2.24) is 5.32 Å². The zero-order valence-electron chi connectivity index (χ0n) is 12.1. The molecule has 0 aliphatic rings. The lowest BCUT2D eigenvalue weighted by molar-refractivity contribution is 0.438. The Bertz CT molecular complexity index is 579. The Balaban J connectivity index is 2.26. The van der Waals surface area contributed by atoms with E-state index in [4.69, 9.17) is 4.74 Å². The summed E-state index contributed by atoms with van der Waals surface area (Å²) in [5.74, 6) is 0.610. The molecular formula is C17H20FNO. The lowest BCUT2D eigenvalue weighted by Crippen LogP contribution is -2.15. The Morgan fingerprint density at radius 3 is 2.65 bits per heavy atom. The smallest absolute Gasteiger partial charge is 0.168 e. The molecule has 0 radical (unpaired) electrons. The van der Waals surface area contributed by atoms with Crippen LogP contribution in [0.15, 0.2) is 42.5 Å². The monoisotopic (exact) mass is 273 g/mol. The van der Waals surface area contributed by atoms with Crippen molar-refractivity contribution >= 4 is 0 Å². The fraction of sp³-hybridized carbons (Fsp3) is 0.294. The number of aryl methyl sites for hydroxylation is 1. The zero-order valence-corrected chi connectivity index (χ0v) is 12.1. The highest BCUT2D eigenvalue weighted by Gasteiger charge is 2.10. The Kier molecular flexibility index (Phi) is 4.74. The van der Waals surface area contributed by atoms with Gasteiger partial charge >= 0.3 is 0 Å². The van der Waals surface area contributed by atoms with Crippen molar-refractivity contribution < 1.29 is 9.13 Å². The average molecular weight is 273 g/mol. The van der Waals surface area contributed by atoms with Crippen molar-refractivity contribution in [2.24, 2.45) is 0 Å². The summed E-state index contributed by atoms with van der Waals surface area (Å²) in [5.41, 5.74) is 1.72. The molecular weight excluding hydrogens is 253 g/mol. The molecule has 2 aromatic rings. The van der Waals surface area contributed by atoms with Crippen molar-refractivity contribution in [3.05, 3.63) is 59.4 Å². The highest BCUT2D eigenvalue weighted by Crippen LogP contribution is 2.28. The number of hydrogen-bond donors (Lipinski definition) is 1. The summed E-state index contributed by atoms with van der Waals surface area (Å²) in [4.78, 5) is 0. The lowest BCUT2D eigenvalue weighted by atomic mass is 10.0. The second kappa shape index (κ2) is 6.53. The van der Waals surface area contributed by atoms with Crippen molar-refractivity contribution in [2.75, 3.05) is 7.05 Å². The average Bonchev–Trinajstić information content (AvgIpc) is 2.46. The van der Waals surface area contributed by atoms with Gasteiger partial charge in [0.2, 0.25) is 0 Å². The van der Waals surface area contributed by atoms with E-state index in [0.717, 1.165) is 12.0 Å². The van der Waals surface area contributed by atoms with Gasteiger partial charge in [-0.25, -0.2) is 4.39 Å². The third-order valence-corrected chi connectivity index (χ3v) is 3.40. The SMILES string of the molecule is CCC(NC)c1cccc(Oc2cccc(C)c2F)c1. The molecule has 0 aliphatic carbocycles. The van der Waals surface area contributed by atoms with Gasteiger partial charge in [0.15, 0.2) is 11.6 Å². The first-order chi connectivity index (χ1) is 9.65. The first kappa shape index (κ1) is 14.5. The molecule has 2 aromatic carbocycles.